The van der Waals surface area contributed by atoms with E-state index in [1.807, 2.05) is 0 Å². The molecule has 0 N–H and O–H groups in total. The van der Waals surface area contributed by atoms with Crippen molar-refractivity contribution in [2.75, 3.05) is 0 Å². The molecule has 0 amide bonds. The summed E-state index contributed by atoms with van der Waals surface area (Å²) in [5.41, 5.74) is 0. The third-order valence-corrected chi connectivity index (χ3v) is 3.92. The van der Waals surface area contributed by atoms with Crippen LogP contribution in [0.2, 0.25) is 0 Å². The molecule has 0 aromatic carbocycles. The fourth-order valence-corrected chi connectivity index (χ4v) is 2.76. The van der Waals surface area contributed by atoms with Crippen molar-refractivity contribution in [2.45, 2.75) is 96.1 Å². The SMILES string of the molecule is C1CCC([N-]C2CCCCC2)CC1.[CH2-]CCC.[Li+].[Li+]. The smallest absolute Gasteiger partial charge is 0.657 e. The van der Waals surface area contributed by atoms with Crippen LogP contribution in [0.1, 0.15) is 84.0 Å². The molecule has 0 aromatic rings. The van der Waals surface area contributed by atoms with E-state index in [1.165, 1.54) is 70.6 Å². The van der Waals surface area contributed by atoms with Gasteiger partial charge in [-0.25, -0.2) is 0 Å². The Labute approximate surface area is 145 Å². The zero-order chi connectivity index (χ0) is 12.3. The topological polar surface area (TPSA) is 14.1 Å². The summed E-state index contributed by atoms with van der Waals surface area (Å²) in [5.74, 6) is 0. The average Bonchev–Trinajstić information content (AvgIpc) is 2.41. The van der Waals surface area contributed by atoms with Crippen LogP contribution >= 0.6 is 0 Å². The predicted octanol–water partition coefficient (Wildman–Crippen LogP) is -0.346. The molecule has 2 fully saturated rings. The minimum Gasteiger partial charge on any atom is -0.657 e. The molecule has 0 spiro atoms. The Balaban J connectivity index is 0. The van der Waals surface area contributed by atoms with E-state index in [0.717, 1.165) is 18.5 Å². The maximum atomic E-state index is 5.00. The van der Waals surface area contributed by atoms with E-state index < -0.39 is 0 Å². The molecule has 0 bridgehead atoms. The van der Waals surface area contributed by atoms with Crippen molar-refractivity contribution in [2.24, 2.45) is 0 Å². The van der Waals surface area contributed by atoms with E-state index in [-0.39, 0.29) is 37.7 Å². The second-order valence-electron chi connectivity index (χ2n) is 5.59. The summed E-state index contributed by atoms with van der Waals surface area (Å²) in [7, 11) is 0. The normalized spacial score (nSPS) is 20.5. The molecular formula is C16H31Li2N. The van der Waals surface area contributed by atoms with Gasteiger partial charge < -0.3 is 12.2 Å². The Bertz CT molecular complexity index is 146. The molecule has 1 nitrogen and oxygen atoms in total. The predicted molar refractivity (Wildman–Crippen MR) is 77.4 cm³/mol. The molecule has 0 aromatic heterocycles. The Morgan fingerprint density at radius 2 is 1.11 bits per heavy atom. The van der Waals surface area contributed by atoms with Crippen molar-refractivity contribution in [3.8, 4) is 0 Å². The summed E-state index contributed by atoms with van der Waals surface area (Å²) in [4.78, 5) is 0. The number of hydrogen-bond acceptors (Lipinski definition) is 0. The summed E-state index contributed by atoms with van der Waals surface area (Å²) in [6.07, 6.45) is 16.5. The van der Waals surface area contributed by atoms with Crippen LogP contribution in [0, 0.1) is 6.92 Å². The van der Waals surface area contributed by atoms with Gasteiger partial charge in [0.05, 0.1) is 0 Å². The van der Waals surface area contributed by atoms with Gasteiger partial charge in [0.25, 0.3) is 0 Å². The van der Waals surface area contributed by atoms with Gasteiger partial charge in [0.2, 0.25) is 0 Å². The van der Waals surface area contributed by atoms with Gasteiger partial charge in [-0.15, -0.1) is 12.1 Å². The summed E-state index contributed by atoms with van der Waals surface area (Å²) in [6.45, 7) is 5.72. The van der Waals surface area contributed by atoms with Crippen LogP contribution in [-0.4, -0.2) is 12.1 Å². The summed E-state index contributed by atoms with van der Waals surface area (Å²) in [6, 6.07) is 1.49. The van der Waals surface area contributed by atoms with Crippen molar-refractivity contribution in [1.29, 1.82) is 0 Å². The molecule has 2 aliphatic rings. The average molecular weight is 251 g/mol. The second kappa shape index (κ2) is 15.5. The number of rotatable bonds is 3. The van der Waals surface area contributed by atoms with Crippen molar-refractivity contribution >= 4 is 0 Å². The third-order valence-electron chi connectivity index (χ3n) is 3.92. The van der Waals surface area contributed by atoms with Crippen molar-refractivity contribution in [1.82, 2.24) is 0 Å². The van der Waals surface area contributed by atoms with Crippen LogP contribution in [-0.2, 0) is 0 Å². The van der Waals surface area contributed by atoms with E-state index >= 15 is 0 Å². The first-order valence-corrected chi connectivity index (χ1v) is 7.86. The molecule has 2 rings (SSSR count). The van der Waals surface area contributed by atoms with Crippen LogP contribution in [0.4, 0.5) is 0 Å². The second-order valence-corrected chi connectivity index (χ2v) is 5.59. The summed E-state index contributed by atoms with van der Waals surface area (Å²) < 4.78 is 0. The Morgan fingerprint density at radius 3 is 1.37 bits per heavy atom. The zero-order valence-corrected chi connectivity index (χ0v) is 13.8. The first kappa shape index (κ1) is 22.4. The monoisotopic (exact) mass is 251 g/mol. The van der Waals surface area contributed by atoms with Crippen molar-refractivity contribution in [3.63, 3.8) is 0 Å². The standard InChI is InChI=1S/C12H22N.C4H9.2Li/c1-3-7-11(8-4-1)13-12-9-5-2-6-10-12;1-3-4-2;;/h11-12H,1-10H2;1,3-4H2,2H3;;/q2*-1;2*+1. The fraction of sp³-hybridized carbons (Fsp3) is 0.938. The summed E-state index contributed by atoms with van der Waals surface area (Å²) >= 11 is 0. The van der Waals surface area contributed by atoms with Crippen LogP contribution in [0.5, 0.6) is 0 Å². The van der Waals surface area contributed by atoms with Gasteiger partial charge in [0.15, 0.2) is 0 Å². The molecular weight excluding hydrogens is 220 g/mol. The minimum atomic E-state index is 0. The minimum absolute atomic E-state index is 0. The number of hydrogen-bond donors (Lipinski definition) is 0. The number of nitrogens with zero attached hydrogens (tertiary/aromatic N) is 1. The molecule has 2 aliphatic carbocycles. The van der Waals surface area contributed by atoms with Crippen LogP contribution in [0.15, 0.2) is 0 Å². The Morgan fingerprint density at radius 1 is 0.789 bits per heavy atom. The zero-order valence-electron chi connectivity index (χ0n) is 13.8. The molecule has 0 aliphatic heterocycles. The first-order valence-electron chi connectivity index (χ1n) is 7.86. The quantitative estimate of drug-likeness (QED) is 0.481. The Hall–Kier alpha value is 1.15. The van der Waals surface area contributed by atoms with Gasteiger partial charge in [0, 0.05) is 0 Å². The van der Waals surface area contributed by atoms with Crippen molar-refractivity contribution < 1.29 is 37.7 Å². The van der Waals surface area contributed by atoms with E-state index in [4.69, 9.17) is 5.32 Å². The molecule has 3 heteroatoms. The molecule has 0 saturated heterocycles. The van der Waals surface area contributed by atoms with Crippen molar-refractivity contribution in [3.05, 3.63) is 12.2 Å². The third kappa shape index (κ3) is 11.5. The van der Waals surface area contributed by atoms with E-state index in [0.29, 0.717) is 0 Å². The molecule has 19 heavy (non-hydrogen) atoms. The van der Waals surface area contributed by atoms with E-state index in [9.17, 15) is 0 Å². The van der Waals surface area contributed by atoms with Crippen LogP contribution < -0.4 is 37.7 Å². The van der Waals surface area contributed by atoms with Gasteiger partial charge in [-0.1, -0.05) is 77.6 Å². The van der Waals surface area contributed by atoms with Gasteiger partial charge in [-0.05, 0) is 0 Å². The van der Waals surface area contributed by atoms with E-state index in [2.05, 4.69) is 13.8 Å². The van der Waals surface area contributed by atoms with Crippen LogP contribution in [0.3, 0.4) is 0 Å². The van der Waals surface area contributed by atoms with E-state index in [1.54, 1.807) is 0 Å². The molecule has 2 saturated carbocycles. The first-order chi connectivity index (χ1) is 8.36. The maximum Gasteiger partial charge on any atom is 1.00 e. The molecule has 0 radical (unpaired) electrons. The largest absolute Gasteiger partial charge is 1.00 e. The van der Waals surface area contributed by atoms with Gasteiger partial charge in [-0.2, -0.15) is 6.42 Å². The number of unbranched alkanes of at least 4 members (excludes halogenated alkanes) is 1. The van der Waals surface area contributed by atoms with Gasteiger partial charge >= 0.3 is 37.7 Å². The maximum absolute atomic E-state index is 5.00. The van der Waals surface area contributed by atoms with Gasteiger partial charge in [-0.3, -0.25) is 0 Å². The molecule has 0 unspecified atom stereocenters. The fourth-order valence-electron chi connectivity index (χ4n) is 2.76. The molecule has 0 atom stereocenters. The molecule has 0 heterocycles. The summed E-state index contributed by atoms with van der Waals surface area (Å²) in [5, 5.41) is 5.00. The van der Waals surface area contributed by atoms with Gasteiger partial charge in [0.1, 0.15) is 0 Å². The Kier molecular flexibility index (Phi) is 18.4. The van der Waals surface area contributed by atoms with Crippen LogP contribution in [0.25, 0.3) is 5.32 Å². The molecule has 102 valence electrons.